The molecule has 2 N–H and O–H groups in total. The summed E-state index contributed by atoms with van der Waals surface area (Å²) in [4.78, 5) is 1.23. The highest BCUT2D eigenvalue weighted by Gasteiger charge is 2.03. The molecule has 18 heavy (non-hydrogen) atoms. The van der Waals surface area contributed by atoms with Crippen molar-refractivity contribution < 1.29 is 0 Å². The van der Waals surface area contributed by atoms with Gasteiger partial charge in [-0.15, -0.1) is 11.8 Å². The largest absolute Gasteiger partial charge is 0.399 e. The van der Waals surface area contributed by atoms with E-state index in [0.29, 0.717) is 10.0 Å². The Labute approximate surface area is 121 Å². The van der Waals surface area contributed by atoms with Gasteiger partial charge in [0.1, 0.15) is 0 Å². The quantitative estimate of drug-likeness (QED) is 0.624. The molecule has 0 aliphatic heterocycles. The molecule has 0 saturated heterocycles. The number of anilines is 1. The lowest BCUT2D eigenvalue weighted by Crippen LogP contribution is -1.88. The Hall–Kier alpha value is -0.830. The van der Waals surface area contributed by atoms with Crippen LogP contribution in [0.5, 0.6) is 0 Å². The molecule has 2 rings (SSSR count). The molecule has 4 heteroatoms. The van der Waals surface area contributed by atoms with Crippen molar-refractivity contribution in [2.75, 3.05) is 5.73 Å². The molecule has 0 fully saturated rings. The van der Waals surface area contributed by atoms with Gasteiger partial charge in [0.05, 0.1) is 10.0 Å². The van der Waals surface area contributed by atoms with Gasteiger partial charge in [-0.3, -0.25) is 0 Å². The highest BCUT2D eigenvalue weighted by atomic mass is 35.5. The van der Waals surface area contributed by atoms with Gasteiger partial charge in [-0.05, 0) is 48.4 Å². The molecule has 0 heterocycles. The Morgan fingerprint density at radius 2 is 1.83 bits per heavy atom. The first kappa shape index (κ1) is 13.6. The first-order chi connectivity index (χ1) is 8.56. The predicted octanol–water partition coefficient (Wildman–Crippen LogP) is 5.18. The fraction of sp³-hybridized carbons (Fsp3) is 0.143. The predicted molar refractivity (Wildman–Crippen MR) is 81.6 cm³/mol. The number of aryl methyl sites for hydroxylation is 1. The molecular formula is C14H13Cl2NS. The minimum Gasteiger partial charge on any atom is -0.399 e. The van der Waals surface area contributed by atoms with Crippen LogP contribution in [-0.4, -0.2) is 0 Å². The van der Waals surface area contributed by atoms with E-state index in [1.165, 1.54) is 10.5 Å². The van der Waals surface area contributed by atoms with E-state index >= 15 is 0 Å². The topological polar surface area (TPSA) is 26.0 Å². The summed E-state index contributed by atoms with van der Waals surface area (Å²) in [5.41, 5.74) is 8.88. The highest BCUT2D eigenvalue weighted by Crippen LogP contribution is 2.29. The van der Waals surface area contributed by atoms with Crippen LogP contribution in [0.2, 0.25) is 10.0 Å². The number of thioether (sulfide) groups is 1. The van der Waals surface area contributed by atoms with E-state index in [1.54, 1.807) is 11.8 Å². The van der Waals surface area contributed by atoms with Crippen molar-refractivity contribution in [3.63, 3.8) is 0 Å². The van der Waals surface area contributed by atoms with Gasteiger partial charge in [-0.1, -0.05) is 29.3 Å². The maximum Gasteiger partial charge on any atom is 0.0595 e. The molecule has 0 unspecified atom stereocenters. The second-order valence-electron chi connectivity index (χ2n) is 4.06. The zero-order valence-corrected chi connectivity index (χ0v) is 12.2. The lowest BCUT2D eigenvalue weighted by Gasteiger charge is -2.07. The summed E-state index contributed by atoms with van der Waals surface area (Å²) in [6.45, 7) is 2.06. The normalized spacial score (nSPS) is 10.6. The number of hydrogen-bond donors (Lipinski definition) is 1. The average Bonchev–Trinajstić information content (AvgIpc) is 2.32. The zero-order valence-electron chi connectivity index (χ0n) is 9.91. The molecule has 0 atom stereocenters. The van der Waals surface area contributed by atoms with Crippen LogP contribution in [0, 0.1) is 6.92 Å². The molecular weight excluding hydrogens is 285 g/mol. The van der Waals surface area contributed by atoms with Crippen LogP contribution in [0.3, 0.4) is 0 Å². The van der Waals surface area contributed by atoms with Crippen molar-refractivity contribution in [3.05, 3.63) is 57.6 Å². The lowest BCUT2D eigenvalue weighted by molar-refractivity contribution is 1.29. The minimum absolute atomic E-state index is 0.592. The summed E-state index contributed by atoms with van der Waals surface area (Å²) in [6.07, 6.45) is 0. The van der Waals surface area contributed by atoms with E-state index in [-0.39, 0.29) is 0 Å². The van der Waals surface area contributed by atoms with Crippen LogP contribution in [0.15, 0.2) is 41.3 Å². The van der Waals surface area contributed by atoms with E-state index < -0.39 is 0 Å². The van der Waals surface area contributed by atoms with Gasteiger partial charge < -0.3 is 5.73 Å². The van der Waals surface area contributed by atoms with E-state index in [9.17, 15) is 0 Å². The third kappa shape index (κ3) is 3.35. The number of nitrogens with two attached hydrogens (primary N) is 1. The highest BCUT2D eigenvalue weighted by molar-refractivity contribution is 7.98. The fourth-order valence-corrected chi connectivity index (χ4v) is 2.90. The van der Waals surface area contributed by atoms with Crippen LogP contribution in [0.1, 0.15) is 11.1 Å². The molecule has 2 aromatic rings. The monoisotopic (exact) mass is 297 g/mol. The Bertz CT molecular complexity index is 570. The van der Waals surface area contributed by atoms with Crippen LogP contribution >= 0.6 is 35.0 Å². The number of benzene rings is 2. The van der Waals surface area contributed by atoms with Gasteiger partial charge in [0.25, 0.3) is 0 Å². The summed E-state index contributed by atoms with van der Waals surface area (Å²) in [7, 11) is 0. The van der Waals surface area contributed by atoms with Crippen molar-refractivity contribution in [2.45, 2.75) is 17.6 Å². The maximum atomic E-state index is 5.99. The molecule has 0 amide bonds. The molecule has 0 aliphatic rings. The molecule has 0 radical (unpaired) electrons. The van der Waals surface area contributed by atoms with E-state index in [1.807, 2.05) is 36.4 Å². The number of halogens is 2. The van der Waals surface area contributed by atoms with Crippen molar-refractivity contribution in [3.8, 4) is 0 Å². The van der Waals surface area contributed by atoms with Gasteiger partial charge >= 0.3 is 0 Å². The van der Waals surface area contributed by atoms with E-state index in [2.05, 4.69) is 6.92 Å². The first-order valence-corrected chi connectivity index (χ1v) is 7.23. The van der Waals surface area contributed by atoms with Gasteiger partial charge in [-0.2, -0.15) is 0 Å². The second kappa shape index (κ2) is 5.87. The summed E-state index contributed by atoms with van der Waals surface area (Å²) < 4.78 is 0. The first-order valence-electron chi connectivity index (χ1n) is 5.49. The molecule has 0 spiro atoms. The number of rotatable bonds is 3. The lowest BCUT2D eigenvalue weighted by atomic mass is 10.2. The summed E-state index contributed by atoms with van der Waals surface area (Å²) in [5.74, 6) is 0.863. The van der Waals surface area contributed by atoms with Crippen LogP contribution in [0.4, 0.5) is 5.69 Å². The summed E-state index contributed by atoms with van der Waals surface area (Å²) >= 11 is 13.6. The molecule has 2 aromatic carbocycles. The van der Waals surface area contributed by atoms with E-state index in [0.717, 1.165) is 17.0 Å². The molecule has 0 aromatic heterocycles. The Balaban J connectivity index is 2.09. The SMILES string of the molecule is Cc1cc(N)ccc1SCc1ccc(Cl)c(Cl)c1. The number of nitrogen functional groups attached to an aromatic ring is 1. The Kier molecular flexibility index (Phi) is 4.44. The zero-order chi connectivity index (χ0) is 13.1. The van der Waals surface area contributed by atoms with Crippen molar-refractivity contribution in [1.29, 1.82) is 0 Å². The third-order valence-corrected chi connectivity index (χ3v) is 4.56. The third-order valence-electron chi connectivity index (χ3n) is 2.58. The van der Waals surface area contributed by atoms with Gasteiger partial charge in [0.2, 0.25) is 0 Å². The number of hydrogen-bond acceptors (Lipinski definition) is 2. The minimum atomic E-state index is 0.592. The maximum absolute atomic E-state index is 5.99. The molecule has 0 bridgehead atoms. The average molecular weight is 298 g/mol. The van der Waals surface area contributed by atoms with Gasteiger partial charge in [-0.25, -0.2) is 0 Å². The Morgan fingerprint density at radius 3 is 2.50 bits per heavy atom. The molecule has 1 nitrogen and oxygen atoms in total. The van der Waals surface area contributed by atoms with E-state index in [4.69, 9.17) is 28.9 Å². The summed E-state index contributed by atoms with van der Waals surface area (Å²) in [5, 5.41) is 1.19. The van der Waals surface area contributed by atoms with Crippen LogP contribution in [0.25, 0.3) is 0 Å². The van der Waals surface area contributed by atoms with Crippen molar-refractivity contribution >= 4 is 40.7 Å². The molecule has 94 valence electrons. The van der Waals surface area contributed by atoms with Crippen LogP contribution < -0.4 is 5.73 Å². The summed E-state index contributed by atoms with van der Waals surface area (Å²) in [6, 6.07) is 11.7. The molecule has 0 aliphatic carbocycles. The molecule has 0 saturated carbocycles. The standard InChI is InChI=1S/C14H13Cl2NS/c1-9-6-11(17)3-5-14(9)18-8-10-2-4-12(15)13(16)7-10/h2-7H,8,17H2,1H3. The van der Waals surface area contributed by atoms with Crippen molar-refractivity contribution in [2.24, 2.45) is 0 Å². The Morgan fingerprint density at radius 1 is 1.06 bits per heavy atom. The van der Waals surface area contributed by atoms with Crippen LogP contribution in [-0.2, 0) is 5.75 Å². The second-order valence-corrected chi connectivity index (χ2v) is 5.89. The van der Waals surface area contributed by atoms with Crippen molar-refractivity contribution in [1.82, 2.24) is 0 Å². The smallest absolute Gasteiger partial charge is 0.0595 e. The fourth-order valence-electron chi connectivity index (χ4n) is 1.63. The van der Waals surface area contributed by atoms with Gasteiger partial charge in [0.15, 0.2) is 0 Å². The van der Waals surface area contributed by atoms with Gasteiger partial charge in [0, 0.05) is 16.3 Å².